The summed E-state index contributed by atoms with van der Waals surface area (Å²) in [5.74, 6) is 2.64. The van der Waals surface area contributed by atoms with Gasteiger partial charge in [0.25, 0.3) is 5.56 Å². The minimum Gasteiger partial charge on any atom is -0.378 e. The van der Waals surface area contributed by atoms with Crippen LogP contribution in [0.15, 0.2) is 23.0 Å². The summed E-state index contributed by atoms with van der Waals surface area (Å²) < 4.78 is 0. The summed E-state index contributed by atoms with van der Waals surface area (Å²) >= 11 is 0. The second-order valence-corrected chi connectivity index (χ2v) is 7.43. The van der Waals surface area contributed by atoms with Crippen LogP contribution in [-0.2, 0) is 0 Å². The summed E-state index contributed by atoms with van der Waals surface area (Å²) in [6.45, 7) is 1.97. The van der Waals surface area contributed by atoms with Crippen LogP contribution >= 0.6 is 0 Å². The van der Waals surface area contributed by atoms with Crippen molar-refractivity contribution >= 4 is 22.3 Å². The van der Waals surface area contributed by atoms with Gasteiger partial charge in [-0.25, -0.2) is 0 Å². The Morgan fingerprint density at radius 2 is 1.92 bits per heavy atom. The highest BCUT2D eigenvalue weighted by Crippen LogP contribution is 2.54. The number of pyridine rings is 1. The van der Waals surface area contributed by atoms with E-state index >= 15 is 0 Å². The van der Waals surface area contributed by atoms with E-state index < -0.39 is 0 Å². The number of aromatic nitrogens is 1. The number of H-pyrrole nitrogens is 1. The topological polar surface area (TPSA) is 39.3 Å². The molecule has 1 aromatic heterocycles. The third-order valence-electron chi connectivity index (χ3n) is 5.73. The van der Waals surface area contributed by atoms with Crippen LogP contribution in [-0.4, -0.2) is 32.2 Å². The smallest absolute Gasteiger partial charge is 0.266 e. The third-order valence-corrected chi connectivity index (χ3v) is 5.73. The Bertz CT molecular complexity index is 889. The number of piperidine rings is 1. The lowest BCUT2D eigenvalue weighted by atomic mass is 9.92. The number of rotatable bonds is 2. The summed E-state index contributed by atoms with van der Waals surface area (Å²) in [4.78, 5) is 19.8. The average molecular weight is 321 g/mol. The Morgan fingerprint density at radius 1 is 1.21 bits per heavy atom. The first-order valence-electron chi connectivity index (χ1n) is 8.62. The maximum absolute atomic E-state index is 12.5. The fourth-order valence-electron chi connectivity index (χ4n) is 3.89. The van der Waals surface area contributed by atoms with Gasteiger partial charge in [-0.3, -0.25) is 4.79 Å². The van der Waals surface area contributed by atoms with E-state index in [0.717, 1.165) is 35.4 Å². The molecular formula is C20H23N3O. The Hall–Kier alpha value is -2.41. The van der Waals surface area contributed by atoms with Crippen LogP contribution in [0.3, 0.4) is 0 Å². The van der Waals surface area contributed by atoms with E-state index in [2.05, 4.69) is 26.8 Å². The van der Waals surface area contributed by atoms with E-state index in [0.29, 0.717) is 11.0 Å². The molecule has 1 aromatic carbocycles. The molecule has 1 spiro atoms. The molecule has 4 heteroatoms. The highest BCUT2D eigenvalue weighted by atomic mass is 16.1. The van der Waals surface area contributed by atoms with Gasteiger partial charge in [0.1, 0.15) is 5.56 Å². The van der Waals surface area contributed by atoms with Crippen molar-refractivity contribution in [2.24, 2.45) is 5.41 Å². The number of benzene rings is 1. The summed E-state index contributed by atoms with van der Waals surface area (Å²) in [5, 5.41) is 1.04. The van der Waals surface area contributed by atoms with Crippen LogP contribution < -0.4 is 15.4 Å². The molecule has 2 aromatic rings. The Balaban J connectivity index is 1.88. The molecule has 0 amide bonds. The number of nitrogens with one attached hydrogen (secondary N) is 1. The molecule has 0 bridgehead atoms. The van der Waals surface area contributed by atoms with Gasteiger partial charge in [-0.05, 0) is 49.3 Å². The molecule has 1 aliphatic heterocycles. The van der Waals surface area contributed by atoms with Crippen LogP contribution in [0.1, 0.15) is 31.2 Å². The van der Waals surface area contributed by atoms with Crippen molar-refractivity contribution in [3.8, 4) is 12.3 Å². The van der Waals surface area contributed by atoms with Gasteiger partial charge in [-0.2, -0.15) is 0 Å². The predicted octanol–water partition coefficient (Wildman–Crippen LogP) is 2.96. The highest BCUT2D eigenvalue weighted by molar-refractivity contribution is 5.96. The van der Waals surface area contributed by atoms with Crippen LogP contribution in [0, 0.1) is 17.8 Å². The van der Waals surface area contributed by atoms with Crippen LogP contribution in [0.2, 0.25) is 0 Å². The summed E-state index contributed by atoms with van der Waals surface area (Å²) in [7, 11) is 4.04. The molecule has 2 aliphatic rings. The Labute approximate surface area is 142 Å². The number of nitrogens with zero attached hydrogens (tertiary/aromatic N) is 2. The van der Waals surface area contributed by atoms with Gasteiger partial charge in [0.15, 0.2) is 0 Å². The van der Waals surface area contributed by atoms with Crippen molar-refractivity contribution < 1.29 is 0 Å². The second-order valence-electron chi connectivity index (χ2n) is 7.43. The van der Waals surface area contributed by atoms with E-state index in [1.165, 1.54) is 25.7 Å². The van der Waals surface area contributed by atoms with Crippen molar-refractivity contribution in [1.29, 1.82) is 0 Å². The lowest BCUT2D eigenvalue weighted by Gasteiger charge is -2.35. The quantitative estimate of drug-likeness (QED) is 0.865. The molecule has 0 atom stereocenters. The second kappa shape index (κ2) is 5.31. The molecule has 1 saturated carbocycles. The average Bonchev–Trinajstić information content (AvgIpc) is 3.33. The summed E-state index contributed by atoms with van der Waals surface area (Å²) in [6.07, 6.45) is 10.8. The molecule has 1 N–H and O–H groups in total. The molecule has 24 heavy (non-hydrogen) atoms. The number of anilines is 2. The number of hydrogen-bond donors (Lipinski definition) is 1. The van der Waals surface area contributed by atoms with Gasteiger partial charge in [-0.15, -0.1) is 6.42 Å². The molecule has 1 saturated heterocycles. The first kappa shape index (κ1) is 15.1. The minimum absolute atomic E-state index is 0.163. The van der Waals surface area contributed by atoms with Crippen molar-refractivity contribution in [2.45, 2.75) is 25.7 Å². The normalized spacial score (nSPS) is 18.6. The van der Waals surface area contributed by atoms with Gasteiger partial charge < -0.3 is 14.8 Å². The lowest BCUT2D eigenvalue weighted by Crippen LogP contribution is -2.36. The maximum Gasteiger partial charge on any atom is 0.266 e. The molecular weight excluding hydrogens is 298 g/mol. The molecule has 124 valence electrons. The maximum atomic E-state index is 12.5. The van der Waals surface area contributed by atoms with E-state index in [4.69, 9.17) is 6.42 Å². The van der Waals surface area contributed by atoms with Gasteiger partial charge in [0.2, 0.25) is 0 Å². The zero-order valence-electron chi connectivity index (χ0n) is 14.4. The summed E-state index contributed by atoms with van der Waals surface area (Å²) in [6, 6.07) is 6.12. The SMILES string of the molecule is C#Cc1c(N2CCC3(CC2)CC3)c2cc(N(C)C)ccc2[nH]c1=O. The van der Waals surface area contributed by atoms with Crippen molar-refractivity contribution in [3.63, 3.8) is 0 Å². The van der Waals surface area contributed by atoms with E-state index in [9.17, 15) is 4.79 Å². The van der Waals surface area contributed by atoms with Crippen molar-refractivity contribution in [1.82, 2.24) is 4.98 Å². The third kappa shape index (κ3) is 2.36. The Kier molecular flexibility index (Phi) is 3.35. The van der Waals surface area contributed by atoms with E-state index in [1.54, 1.807) is 0 Å². The molecule has 4 nitrogen and oxygen atoms in total. The number of fused-ring (bicyclic) bond motifs is 1. The molecule has 0 unspecified atom stereocenters. The van der Waals surface area contributed by atoms with E-state index in [-0.39, 0.29) is 5.56 Å². The fourth-order valence-corrected chi connectivity index (χ4v) is 3.89. The molecule has 2 heterocycles. The fraction of sp³-hybridized carbons (Fsp3) is 0.450. The van der Waals surface area contributed by atoms with Gasteiger partial charge in [-0.1, -0.05) is 5.92 Å². The molecule has 2 fully saturated rings. The standard InChI is InChI=1S/C20H23N3O/c1-4-15-18(23-11-9-20(7-8-20)10-12-23)16-13-14(22(2)3)5-6-17(16)21-19(15)24/h1,5-6,13H,7-12H2,2-3H3,(H,21,24). The van der Waals surface area contributed by atoms with E-state index in [1.807, 2.05) is 26.2 Å². The highest BCUT2D eigenvalue weighted by Gasteiger charge is 2.44. The van der Waals surface area contributed by atoms with Crippen molar-refractivity contribution in [2.75, 3.05) is 37.0 Å². The zero-order valence-corrected chi connectivity index (χ0v) is 14.4. The lowest BCUT2D eigenvalue weighted by molar-refractivity contribution is 0.385. The van der Waals surface area contributed by atoms with Crippen LogP contribution in [0.5, 0.6) is 0 Å². The molecule has 4 rings (SSSR count). The number of terminal acetylenes is 1. The van der Waals surface area contributed by atoms with Crippen LogP contribution in [0.4, 0.5) is 11.4 Å². The van der Waals surface area contributed by atoms with Gasteiger partial charge in [0.05, 0.1) is 11.2 Å². The molecule has 1 aliphatic carbocycles. The van der Waals surface area contributed by atoms with Gasteiger partial charge in [0, 0.05) is 38.3 Å². The number of aromatic amines is 1. The van der Waals surface area contributed by atoms with Gasteiger partial charge >= 0.3 is 0 Å². The summed E-state index contributed by atoms with van der Waals surface area (Å²) in [5.41, 5.74) is 3.80. The zero-order chi connectivity index (χ0) is 16.9. The largest absolute Gasteiger partial charge is 0.378 e. The first-order chi connectivity index (χ1) is 11.5. The predicted molar refractivity (Wildman–Crippen MR) is 99.9 cm³/mol. The Morgan fingerprint density at radius 3 is 2.50 bits per heavy atom. The number of hydrogen-bond acceptors (Lipinski definition) is 3. The van der Waals surface area contributed by atoms with Crippen molar-refractivity contribution in [3.05, 3.63) is 34.1 Å². The minimum atomic E-state index is -0.163. The molecule has 0 radical (unpaired) electrons. The monoisotopic (exact) mass is 321 g/mol. The van der Waals surface area contributed by atoms with Crippen LogP contribution in [0.25, 0.3) is 10.9 Å². The first-order valence-corrected chi connectivity index (χ1v) is 8.62.